The second-order valence-corrected chi connectivity index (χ2v) is 7.68. The average molecular weight is 408 g/mol. The highest BCUT2D eigenvalue weighted by molar-refractivity contribution is 8.15. The number of amides is 1. The van der Waals surface area contributed by atoms with Crippen molar-refractivity contribution in [3.63, 3.8) is 0 Å². The Labute approximate surface area is 169 Å². The molecule has 0 aliphatic carbocycles. The standard InChI is InChI=1S/C20H14ClN5OS/c21-12-4-3-5-13(8-12)26-18(23-20-24-19(27)11-28-20)9-17(25-26)15-10-22-16-7-2-1-6-14(15)16/h1-10,22H,11H2,(H,23,24,27). The molecule has 1 fully saturated rings. The summed E-state index contributed by atoms with van der Waals surface area (Å²) in [6.07, 6.45) is 1.94. The van der Waals surface area contributed by atoms with Crippen molar-refractivity contribution in [2.75, 3.05) is 5.75 Å². The molecule has 5 rings (SSSR count). The molecule has 138 valence electrons. The van der Waals surface area contributed by atoms with Crippen LogP contribution in [0.15, 0.2) is 65.8 Å². The molecule has 0 atom stereocenters. The van der Waals surface area contributed by atoms with Crippen LogP contribution in [0.5, 0.6) is 0 Å². The fourth-order valence-electron chi connectivity index (χ4n) is 3.15. The quantitative estimate of drug-likeness (QED) is 0.524. The molecular weight excluding hydrogens is 394 g/mol. The number of hydrogen-bond acceptors (Lipinski definition) is 4. The van der Waals surface area contributed by atoms with Crippen molar-refractivity contribution in [2.24, 2.45) is 4.99 Å². The number of aliphatic imine (C=N–C) groups is 1. The molecule has 1 saturated heterocycles. The largest absolute Gasteiger partial charge is 0.360 e. The first-order valence-corrected chi connectivity index (χ1v) is 9.97. The van der Waals surface area contributed by atoms with Gasteiger partial charge in [0.15, 0.2) is 11.0 Å². The van der Waals surface area contributed by atoms with E-state index in [1.54, 1.807) is 4.68 Å². The van der Waals surface area contributed by atoms with Gasteiger partial charge in [0.25, 0.3) is 0 Å². The predicted octanol–water partition coefficient (Wildman–Crippen LogP) is 4.52. The topological polar surface area (TPSA) is 75.1 Å². The summed E-state index contributed by atoms with van der Waals surface area (Å²) in [5, 5.41) is 9.82. The minimum Gasteiger partial charge on any atom is -0.360 e. The van der Waals surface area contributed by atoms with Crippen LogP contribution in [0.25, 0.3) is 27.8 Å². The summed E-state index contributed by atoms with van der Waals surface area (Å²) < 4.78 is 1.74. The minimum absolute atomic E-state index is 0.0468. The molecule has 2 aromatic heterocycles. The summed E-state index contributed by atoms with van der Waals surface area (Å²) >= 11 is 7.56. The van der Waals surface area contributed by atoms with Gasteiger partial charge in [0.1, 0.15) is 0 Å². The van der Waals surface area contributed by atoms with E-state index in [-0.39, 0.29) is 5.91 Å². The first-order valence-electron chi connectivity index (χ1n) is 8.61. The van der Waals surface area contributed by atoms with Crippen LogP contribution in [0, 0.1) is 0 Å². The summed E-state index contributed by atoms with van der Waals surface area (Å²) in [4.78, 5) is 19.4. The fourth-order valence-corrected chi connectivity index (χ4v) is 4.02. The molecular formula is C20H14ClN5OS. The lowest BCUT2D eigenvalue weighted by Gasteiger charge is -2.05. The van der Waals surface area contributed by atoms with E-state index in [4.69, 9.17) is 16.7 Å². The first-order chi connectivity index (χ1) is 13.7. The Balaban J connectivity index is 1.67. The fraction of sp³-hybridized carbons (Fsp3) is 0.0500. The van der Waals surface area contributed by atoms with Gasteiger partial charge >= 0.3 is 0 Å². The van der Waals surface area contributed by atoms with E-state index in [9.17, 15) is 4.79 Å². The Bertz CT molecular complexity index is 1240. The van der Waals surface area contributed by atoms with Gasteiger partial charge in [0, 0.05) is 33.8 Å². The van der Waals surface area contributed by atoms with Gasteiger partial charge in [0.2, 0.25) is 5.91 Å². The molecule has 0 radical (unpaired) electrons. The molecule has 1 aliphatic rings. The molecule has 8 heteroatoms. The molecule has 1 amide bonds. The monoisotopic (exact) mass is 407 g/mol. The number of aromatic nitrogens is 3. The van der Waals surface area contributed by atoms with Crippen molar-refractivity contribution in [3.8, 4) is 16.9 Å². The van der Waals surface area contributed by atoms with Gasteiger partial charge in [0.05, 0.1) is 17.1 Å². The summed E-state index contributed by atoms with van der Waals surface area (Å²) in [6, 6.07) is 17.4. The van der Waals surface area contributed by atoms with Crippen LogP contribution >= 0.6 is 23.4 Å². The van der Waals surface area contributed by atoms with Crippen LogP contribution < -0.4 is 5.32 Å². The number of aromatic amines is 1. The third-order valence-corrected chi connectivity index (χ3v) is 5.52. The lowest BCUT2D eigenvalue weighted by molar-refractivity contribution is -0.116. The van der Waals surface area contributed by atoms with Gasteiger partial charge in [-0.1, -0.05) is 47.6 Å². The zero-order valence-electron chi connectivity index (χ0n) is 14.5. The van der Waals surface area contributed by atoms with Crippen LogP contribution in [0.3, 0.4) is 0 Å². The number of para-hydroxylation sites is 1. The lowest BCUT2D eigenvalue weighted by atomic mass is 10.1. The molecule has 3 heterocycles. The molecule has 2 N–H and O–H groups in total. The van der Waals surface area contributed by atoms with Crippen LogP contribution in [-0.4, -0.2) is 31.6 Å². The lowest BCUT2D eigenvalue weighted by Crippen LogP contribution is -2.20. The van der Waals surface area contributed by atoms with E-state index in [1.807, 2.05) is 54.7 Å². The molecule has 28 heavy (non-hydrogen) atoms. The summed E-state index contributed by atoms with van der Waals surface area (Å²) in [5.41, 5.74) is 3.61. The van der Waals surface area contributed by atoms with Crippen molar-refractivity contribution < 1.29 is 4.79 Å². The van der Waals surface area contributed by atoms with Crippen LogP contribution in [0.1, 0.15) is 0 Å². The van der Waals surface area contributed by atoms with Crippen molar-refractivity contribution in [2.45, 2.75) is 0 Å². The number of benzene rings is 2. The Hall–Kier alpha value is -3.03. The summed E-state index contributed by atoms with van der Waals surface area (Å²) in [6.45, 7) is 0. The molecule has 0 spiro atoms. The maximum atomic E-state index is 11.5. The van der Waals surface area contributed by atoms with Gasteiger partial charge in [-0.15, -0.1) is 0 Å². The SMILES string of the molecule is O=C1CS/C(=N\c2cc(-c3c[nH]c4ccccc34)nn2-c2cccc(Cl)c2)N1. The number of amidine groups is 1. The first kappa shape index (κ1) is 17.1. The van der Waals surface area contributed by atoms with Crippen molar-refractivity contribution in [1.29, 1.82) is 0 Å². The average Bonchev–Trinajstić information content (AvgIpc) is 3.40. The number of nitrogens with one attached hydrogen (secondary N) is 2. The van der Waals surface area contributed by atoms with E-state index >= 15 is 0 Å². The highest BCUT2D eigenvalue weighted by atomic mass is 35.5. The summed E-state index contributed by atoms with van der Waals surface area (Å²) in [7, 11) is 0. The van der Waals surface area contributed by atoms with E-state index in [0.717, 1.165) is 27.8 Å². The van der Waals surface area contributed by atoms with Crippen molar-refractivity contribution in [3.05, 3.63) is 65.8 Å². The van der Waals surface area contributed by atoms with Gasteiger partial charge in [-0.25, -0.2) is 9.67 Å². The van der Waals surface area contributed by atoms with E-state index in [0.29, 0.717) is 21.8 Å². The maximum absolute atomic E-state index is 11.5. The third kappa shape index (κ3) is 3.08. The molecule has 6 nitrogen and oxygen atoms in total. The van der Waals surface area contributed by atoms with E-state index in [2.05, 4.69) is 21.4 Å². The highest BCUT2D eigenvalue weighted by Crippen LogP contribution is 2.32. The number of carbonyl (C=O) groups is 1. The third-order valence-electron chi connectivity index (χ3n) is 4.41. The number of fused-ring (bicyclic) bond motifs is 1. The second-order valence-electron chi connectivity index (χ2n) is 6.28. The van der Waals surface area contributed by atoms with Crippen LogP contribution in [-0.2, 0) is 4.79 Å². The number of hydrogen-bond donors (Lipinski definition) is 2. The molecule has 1 aliphatic heterocycles. The number of carbonyl (C=O) groups excluding carboxylic acids is 1. The van der Waals surface area contributed by atoms with Gasteiger partial charge in [-0.05, 0) is 24.3 Å². The molecule has 0 saturated carbocycles. The predicted molar refractivity (Wildman–Crippen MR) is 114 cm³/mol. The molecule has 0 bridgehead atoms. The maximum Gasteiger partial charge on any atom is 0.236 e. The molecule has 0 unspecified atom stereocenters. The zero-order chi connectivity index (χ0) is 19.1. The normalized spacial score (nSPS) is 15.5. The number of thioether (sulfide) groups is 1. The Morgan fingerprint density at radius 2 is 2.04 bits per heavy atom. The van der Waals surface area contributed by atoms with Crippen LogP contribution in [0.2, 0.25) is 5.02 Å². The number of H-pyrrole nitrogens is 1. The molecule has 2 aromatic carbocycles. The molecule has 4 aromatic rings. The smallest absolute Gasteiger partial charge is 0.236 e. The number of halogens is 1. The highest BCUT2D eigenvalue weighted by Gasteiger charge is 2.19. The minimum atomic E-state index is -0.0468. The number of rotatable bonds is 3. The second kappa shape index (κ2) is 6.85. The van der Waals surface area contributed by atoms with E-state index in [1.165, 1.54) is 11.8 Å². The van der Waals surface area contributed by atoms with Gasteiger partial charge in [-0.2, -0.15) is 5.10 Å². The Kier molecular flexibility index (Phi) is 4.18. The number of nitrogens with zero attached hydrogens (tertiary/aromatic N) is 3. The van der Waals surface area contributed by atoms with E-state index < -0.39 is 0 Å². The Morgan fingerprint density at radius 1 is 1.14 bits per heavy atom. The van der Waals surface area contributed by atoms with Gasteiger partial charge in [-0.3, -0.25) is 4.79 Å². The van der Waals surface area contributed by atoms with Crippen molar-refractivity contribution in [1.82, 2.24) is 20.1 Å². The summed E-state index contributed by atoms with van der Waals surface area (Å²) in [5.74, 6) is 0.945. The van der Waals surface area contributed by atoms with Crippen molar-refractivity contribution >= 4 is 51.2 Å². The zero-order valence-corrected chi connectivity index (χ0v) is 16.1. The van der Waals surface area contributed by atoms with Gasteiger partial charge < -0.3 is 10.3 Å². The Morgan fingerprint density at radius 3 is 2.86 bits per heavy atom. The van der Waals surface area contributed by atoms with Crippen LogP contribution in [0.4, 0.5) is 5.82 Å².